The van der Waals surface area contributed by atoms with E-state index >= 15 is 0 Å². The molecule has 0 heterocycles. The molecule has 0 radical (unpaired) electrons. The molecule has 0 saturated carbocycles. The van der Waals surface area contributed by atoms with Gasteiger partial charge < -0.3 is 30.6 Å². The number of primary amides is 1. The Balaban J connectivity index is 1.56. The normalized spacial score (nSPS) is 10.4. The first-order valence-electron chi connectivity index (χ1n) is 12.8. The summed E-state index contributed by atoms with van der Waals surface area (Å²) in [5.74, 6) is -0.979. The highest BCUT2D eigenvalue weighted by Crippen LogP contribution is 2.42. The minimum atomic E-state index is -0.788. The van der Waals surface area contributed by atoms with Gasteiger partial charge in [-0.25, -0.2) is 0 Å². The van der Waals surface area contributed by atoms with Crippen molar-refractivity contribution < 1.29 is 28.6 Å². The molecule has 0 aliphatic heterocycles. The lowest BCUT2D eigenvalue weighted by atomic mass is 10.0. The van der Waals surface area contributed by atoms with Gasteiger partial charge in [0.1, 0.15) is 5.84 Å². The predicted molar refractivity (Wildman–Crippen MR) is 161 cm³/mol. The smallest absolute Gasteiger partial charge is 0.255 e. The van der Waals surface area contributed by atoms with Gasteiger partial charge in [0.2, 0.25) is 11.7 Å². The van der Waals surface area contributed by atoms with Gasteiger partial charge in [0.25, 0.3) is 5.91 Å². The van der Waals surface area contributed by atoms with Crippen molar-refractivity contribution in [2.75, 3.05) is 32.0 Å². The number of anilines is 2. The number of methoxy groups -OCH3 is 3. The maximum absolute atomic E-state index is 13.1. The first-order valence-corrected chi connectivity index (χ1v) is 12.8. The average molecular weight is 567 g/mol. The molecule has 42 heavy (non-hydrogen) atoms. The van der Waals surface area contributed by atoms with Crippen molar-refractivity contribution >= 4 is 34.8 Å². The van der Waals surface area contributed by atoms with Crippen LogP contribution in [-0.2, 0) is 0 Å². The summed E-state index contributed by atoms with van der Waals surface area (Å²) in [5.41, 5.74) is 8.82. The van der Waals surface area contributed by atoms with E-state index in [1.165, 1.54) is 27.4 Å². The number of hydrogen-bond acceptors (Lipinski definition) is 7. The van der Waals surface area contributed by atoms with E-state index in [-0.39, 0.29) is 45.9 Å². The molecule has 2 amide bonds. The number of ketones is 1. The Bertz CT molecular complexity index is 1670. The third kappa shape index (κ3) is 6.07. The number of carbonyl (C=O) groups is 3. The van der Waals surface area contributed by atoms with E-state index in [9.17, 15) is 14.4 Å². The fourth-order valence-corrected chi connectivity index (χ4v) is 4.36. The summed E-state index contributed by atoms with van der Waals surface area (Å²) in [5, 5.41) is 14.6. The summed E-state index contributed by atoms with van der Waals surface area (Å²) in [6, 6.07) is 21.9. The summed E-state index contributed by atoms with van der Waals surface area (Å²) < 4.78 is 16.2. The van der Waals surface area contributed by atoms with Crippen LogP contribution in [0.25, 0.3) is 0 Å². The molecule has 0 fully saturated rings. The van der Waals surface area contributed by atoms with E-state index < -0.39 is 5.91 Å². The van der Waals surface area contributed by atoms with Crippen LogP contribution in [0.5, 0.6) is 17.2 Å². The Hall–Kier alpha value is -5.64. The van der Waals surface area contributed by atoms with Gasteiger partial charge in [0.15, 0.2) is 17.3 Å². The van der Waals surface area contributed by atoms with E-state index in [2.05, 4.69) is 10.6 Å². The fourth-order valence-electron chi connectivity index (χ4n) is 4.36. The first kappa shape index (κ1) is 29.3. The standard InChI is InChI=1S/C32H30N4O6/c1-18-10-15-22(35-30(33)26-23(31(34)38)17-25(40-2)28(41-3)29(26)42-4)16-24(18)36-32(39)21-13-11-20(12-14-21)27(37)19-8-6-5-7-9-19/h5-17H,1-4H3,(H2,33,35)(H2,34,38)(H,36,39). The lowest BCUT2D eigenvalue weighted by Crippen LogP contribution is -2.22. The van der Waals surface area contributed by atoms with Gasteiger partial charge in [0, 0.05) is 28.1 Å². The van der Waals surface area contributed by atoms with E-state index in [1.807, 2.05) is 13.0 Å². The molecule has 214 valence electrons. The zero-order valence-electron chi connectivity index (χ0n) is 23.5. The Kier molecular flexibility index (Phi) is 8.87. The number of ether oxygens (including phenoxy) is 3. The SMILES string of the molecule is COc1cc(C(N)=O)c(C(=N)Nc2ccc(C)c(NC(=O)c3ccc(C(=O)c4ccccc4)cc3)c2)c(OC)c1OC. The molecule has 0 aliphatic rings. The van der Waals surface area contributed by atoms with Crippen molar-refractivity contribution in [3.8, 4) is 17.2 Å². The number of rotatable bonds is 10. The quantitative estimate of drug-likeness (QED) is 0.119. The van der Waals surface area contributed by atoms with Gasteiger partial charge in [-0.1, -0.05) is 48.5 Å². The van der Waals surface area contributed by atoms with Gasteiger partial charge in [-0.2, -0.15) is 0 Å². The Morgan fingerprint density at radius 3 is 1.95 bits per heavy atom. The van der Waals surface area contributed by atoms with Gasteiger partial charge in [-0.05, 0) is 42.8 Å². The highest BCUT2D eigenvalue weighted by molar-refractivity contribution is 6.16. The number of hydrogen-bond donors (Lipinski definition) is 4. The Morgan fingerprint density at radius 2 is 1.36 bits per heavy atom. The fraction of sp³-hybridized carbons (Fsp3) is 0.125. The molecule has 0 atom stereocenters. The molecule has 0 unspecified atom stereocenters. The summed E-state index contributed by atoms with van der Waals surface area (Å²) in [7, 11) is 4.20. The van der Waals surface area contributed by atoms with Crippen molar-refractivity contribution in [1.29, 1.82) is 5.41 Å². The number of aryl methyl sites for hydroxylation is 1. The third-order valence-corrected chi connectivity index (χ3v) is 6.55. The second kappa shape index (κ2) is 12.7. The molecule has 0 saturated heterocycles. The van der Waals surface area contributed by atoms with Crippen LogP contribution in [0.1, 0.15) is 47.8 Å². The zero-order valence-corrected chi connectivity index (χ0v) is 23.5. The maximum atomic E-state index is 13.1. The lowest BCUT2D eigenvalue weighted by molar-refractivity contribution is 0.0996. The Morgan fingerprint density at radius 1 is 0.738 bits per heavy atom. The van der Waals surface area contributed by atoms with Crippen LogP contribution < -0.4 is 30.6 Å². The molecule has 0 aromatic heterocycles. The highest BCUT2D eigenvalue weighted by atomic mass is 16.5. The topological polar surface area (TPSA) is 153 Å². The predicted octanol–water partition coefficient (Wildman–Crippen LogP) is 5.04. The van der Waals surface area contributed by atoms with Gasteiger partial charge in [-0.15, -0.1) is 0 Å². The zero-order chi connectivity index (χ0) is 30.4. The number of amides is 2. The Labute approximate surface area is 242 Å². The molecule has 5 N–H and O–H groups in total. The average Bonchev–Trinajstić information content (AvgIpc) is 3.01. The van der Waals surface area contributed by atoms with Gasteiger partial charge >= 0.3 is 0 Å². The number of carbonyl (C=O) groups excluding carboxylic acids is 3. The number of benzene rings is 4. The van der Waals surface area contributed by atoms with Crippen LogP contribution in [0.4, 0.5) is 11.4 Å². The molecule has 4 aromatic carbocycles. The van der Waals surface area contributed by atoms with E-state index in [0.717, 1.165) is 5.56 Å². The molecule has 10 nitrogen and oxygen atoms in total. The van der Waals surface area contributed by atoms with Crippen LogP contribution in [-0.4, -0.2) is 44.8 Å². The summed E-state index contributed by atoms with van der Waals surface area (Å²) in [6.45, 7) is 1.83. The molecular formula is C32H30N4O6. The highest BCUT2D eigenvalue weighted by Gasteiger charge is 2.26. The number of nitrogens with two attached hydrogens (primary N) is 1. The van der Waals surface area contributed by atoms with Crippen molar-refractivity contribution in [2.45, 2.75) is 6.92 Å². The van der Waals surface area contributed by atoms with Crippen LogP contribution in [0.15, 0.2) is 78.9 Å². The molecular weight excluding hydrogens is 536 g/mol. The van der Waals surface area contributed by atoms with Crippen molar-refractivity contribution in [1.82, 2.24) is 0 Å². The largest absolute Gasteiger partial charge is 0.493 e. The minimum Gasteiger partial charge on any atom is -0.493 e. The van der Waals surface area contributed by atoms with Crippen molar-refractivity contribution in [2.24, 2.45) is 5.73 Å². The molecule has 0 bridgehead atoms. The molecule has 0 aliphatic carbocycles. The minimum absolute atomic E-state index is 0.00293. The van der Waals surface area contributed by atoms with E-state index in [4.69, 9.17) is 25.4 Å². The first-order chi connectivity index (χ1) is 20.2. The molecule has 10 heteroatoms. The van der Waals surface area contributed by atoms with Crippen LogP contribution in [0.2, 0.25) is 0 Å². The van der Waals surface area contributed by atoms with Crippen LogP contribution in [0, 0.1) is 12.3 Å². The summed E-state index contributed by atoms with van der Waals surface area (Å²) >= 11 is 0. The monoisotopic (exact) mass is 566 g/mol. The summed E-state index contributed by atoms with van der Waals surface area (Å²) in [4.78, 5) is 38.0. The molecule has 0 spiro atoms. The maximum Gasteiger partial charge on any atom is 0.255 e. The van der Waals surface area contributed by atoms with Gasteiger partial charge in [-0.3, -0.25) is 19.8 Å². The van der Waals surface area contributed by atoms with Crippen molar-refractivity contribution in [3.63, 3.8) is 0 Å². The van der Waals surface area contributed by atoms with Crippen LogP contribution >= 0.6 is 0 Å². The van der Waals surface area contributed by atoms with Crippen LogP contribution in [0.3, 0.4) is 0 Å². The van der Waals surface area contributed by atoms with Gasteiger partial charge in [0.05, 0.1) is 32.5 Å². The third-order valence-electron chi connectivity index (χ3n) is 6.55. The molecule has 4 aromatic rings. The second-order valence-corrected chi connectivity index (χ2v) is 9.19. The van der Waals surface area contributed by atoms with Crippen molar-refractivity contribution in [3.05, 3.63) is 112 Å². The lowest BCUT2D eigenvalue weighted by Gasteiger charge is -2.20. The number of nitrogens with one attached hydrogen (secondary N) is 3. The second-order valence-electron chi connectivity index (χ2n) is 9.19. The summed E-state index contributed by atoms with van der Waals surface area (Å²) in [6.07, 6.45) is 0. The molecule has 4 rings (SSSR count). The number of amidine groups is 1. The van der Waals surface area contributed by atoms with E-state index in [1.54, 1.807) is 66.7 Å². The van der Waals surface area contributed by atoms with E-state index in [0.29, 0.717) is 28.1 Å².